The predicted molar refractivity (Wildman–Crippen MR) is 91.9 cm³/mol. The van der Waals surface area contributed by atoms with Crippen molar-refractivity contribution in [2.75, 3.05) is 7.11 Å². The van der Waals surface area contributed by atoms with Gasteiger partial charge in [-0.25, -0.2) is 13.6 Å². The van der Waals surface area contributed by atoms with Crippen LogP contribution in [-0.4, -0.2) is 23.9 Å². The van der Waals surface area contributed by atoms with E-state index in [9.17, 15) is 14.0 Å². The Morgan fingerprint density at radius 2 is 2.12 bits per heavy atom. The van der Waals surface area contributed by atoms with Crippen molar-refractivity contribution < 1.29 is 23.1 Å². The SMILES string of the molecule is COC(=O)C=CC1=C2N(C(F)c3ccccc3F)C(=O)CC2(C)CCC1. The smallest absolute Gasteiger partial charge is 0.330 e. The lowest BCUT2D eigenvalue weighted by Gasteiger charge is -2.35. The van der Waals surface area contributed by atoms with Crippen LogP contribution < -0.4 is 0 Å². The number of fused-ring (bicyclic) bond motifs is 1. The molecule has 1 amide bonds. The molecule has 6 heteroatoms. The predicted octanol–water partition coefficient (Wildman–Crippen LogP) is 4.20. The highest BCUT2D eigenvalue weighted by Crippen LogP contribution is 2.53. The van der Waals surface area contributed by atoms with Crippen molar-refractivity contribution in [3.63, 3.8) is 0 Å². The number of esters is 1. The zero-order valence-corrected chi connectivity index (χ0v) is 14.8. The molecule has 0 aromatic heterocycles. The van der Waals surface area contributed by atoms with Gasteiger partial charge in [0, 0.05) is 29.2 Å². The van der Waals surface area contributed by atoms with E-state index in [2.05, 4.69) is 4.74 Å². The van der Waals surface area contributed by atoms with E-state index >= 15 is 4.39 Å². The number of methoxy groups -OCH3 is 1. The third-order valence-electron chi connectivity index (χ3n) is 5.11. The molecule has 2 aliphatic rings. The number of nitrogens with zero attached hydrogens (tertiary/aromatic N) is 1. The summed E-state index contributed by atoms with van der Waals surface area (Å²) in [7, 11) is 1.27. The lowest BCUT2D eigenvalue weighted by molar-refractivity contribution is -0.135. The van der Waals surface area contributed by atoms with Crippen molar-refractivity contribution in [2.45, 2.75) is 38.9 Å². The first-order valence-electron chi connectivity index (χ1n) is 8.57. The lowest BCUT2D eigenvalue weighted by atomic mass is 9.74. The fraction of sp³-hybridized carbons (Fsp3) is 0.400. The average molecular weight is 361 g/mol. The third kappa shape index (κ3) is 3.16. The molecule has 26 heavy (non-hydrogen) atoms. The van der Waals surface area contributed by atoms with Crippen LogP contribution in [0.3, 0.4) is 0 Å². The first-order chi connectivity index (χ1) is 12.4. The average Bonchev–Trinajstić information content (AvgIpc) is 2.89. The number of hydrogen-bond donors (Lipinski definition) is 0. The van der Waals surface area contributed by atoms with Gasteiger partial charge in [0.2, 0.25) is 12.2 Å². The fourth-order valence-corrected chi connectivity index (χ4v) is 3.90. The van der Waals surface area contributed by atoms with Crippen LogP contribution >= 0.6 is 0 Å². The molecule has 1 fully saturated rings. The quantitative estimate of drug-likeness (QED) is 0.459. The number of allylic oxidation sites excluding steroid dienone is 3. The fourth-order valence-electron chi connectivity index (χ4n) is 3.90. The number of likely N-dealkylation sites (tertiary alicyclic amines) is 1. The second kappa shape index (κ2) is 7.02. The van der Waals surface area contributed by atoms with Crippen LogP contribution in [0.2, 0.25) is 0 Å². The van der Waals surface area contributed by atoms with E-state index < -0.39 is 23.5 Å². The highest BCUT2D eigenvalue weighted by Gasteiger charge is 2.50. The van der Waals surface area contributed by atoms with Crippen molar-refractivity contribution in [1.82, 2.24) is 4.90 Å². The van der Waals surface area contributed by atoms with Crippen LogP contribution in [0.5, 0.6) is 0 Å². The van der Waals surface area contributed by atoms with Gasteiger partial charge in [0.25, 0.3) is 0 Å². The molecule has 4 nitrogen and oxygen atoms in total. The van der Waals surface area contributed by atoms with Gasteiger partial charge in [0.1, 0.15) is 5.82 Å². The summed E-state index contributed by atoms with van der Waals surface area (Å²) in [6.07, 6.45) is 3.31. The topological polar surface area (TPSA) is 46.6 Å². The third-order valence-corrected chi connectivity index (χ3v) is 5.11. The zero-order valence-electron chi connectivity index (χ0n) is 14.8. The normalized spacial score (nSPS) is 24.2. The van der Waals surface area contributed by atoms with Gasteiger partial charge in [-0.1, -0.05) is 31.2 Å². The summed E-state index contributed by atoms with van der Waals surface area (Å²) in [5.41, 5.74) is 0.582. The zero-order chi connectivity index (χ0) is 18.9. The van der Waals surface area contributed by atoms with E-state index in [-0.39, 0.29) is 17.9 Å². The maximum absolute atomic E-state index is 15.2. The molecule has 0 N–H and O–H groups in total. The number of benzene rings is 1. The van der Waals surface area contributed by atoms with Crippen LogP contribution in [0.15, 0.2) is 47.7 Å². The van der Waals surface area contributed by atoms with Crippen molar-refractivity contribution in [3.05, 3.63) is 59.1 Å². The highest BCUT2D eigenvalue weighted by molar-refractivity contribution is 5.85. The molecule has 1 heterocycles. The Morgan fingerprint density at radius 1 is 1.38 bits per heavy atom. The first kappa shape index (κ1) is 18.3. The van der Waals surface area contributed by atoms with Crippen molar-refractivity contribution in [3.8, 4) is 0 Å². The van der Waals surface area contributed by atoms with Gasteiger partial charge < -0.3 is 4.74 Å². The van der Waals surface area contributed by atoms with Crippen LogP contribution in [0, 0.1) is 11.2 Å². The number of carbonyl (C=O) groups excluding carboxylic acids is 2. The lowest BCUT2D eigenvalue weighted by Crippen LogP contribution is -2.30. The van der Waals surface area contributed by atoms with Gasteiger partial charge in [-0.2, -0.15) is 0 Å². The summed E-state index contributed by atoms with van der Waals surface area (Å²) >= 11 is 0. The summed E-state index contributed by atoms with van der Waals surface area (Å²) in [5, 5.41) is 0. The van der Waals surface area contributed by atoms with Gasteiger partial charge in [0.15, 0.2) is 0 Å². The number of alkyl halides is 1. The van der Waals surface area contributed by atoms with Crippen LogP contribution in [0.25, 0.3) is 0 Å². The number of hydrogen-bond acceptors (Lipinski definition) is 3. The van der Waals surface area contributed by atoms with E-state index in [1.165, 1.54) is 37.5 Å². The van der Waals surface area contributed by atoms with Gasteiger partial charge >= 0.3 is 5.97 Å². The van der Waals surface area contributed by atoms with Crippen LogP contribution in [0.1, 0.15) is 44.5 Å². The summed E-state index contributed by atoms with van der Waals surface area (Å²) in [5.74, 6) is -1.58. The molecule has 1 saturated heterocycles. The Bertz CT molecular complexity index is 802. The molecular weight excluding hydrogens is 340 g/mol. The van der Waals surface area contributed by atoms with Crippen molar-refractivity contribution in [1.29, 1.82) is 0 Å². The van der Waals surface area contributed by atoms with E-state index in [4.69, 9.17) is 0 Å². The summed E-state index contributed by atoms with van der Waals surface area (Å²) in [6, 6.07) is 5.54. The number of rotatable bonds is 4. The molecule has 1 aliphatic carbocycles. The van der Waals surface area contributed by atoms with E-state index in [1.807, 2.05) is 6.92 Å². The van der Waals surface area contributed by atoms with Gasteiger partial charge in [-0.15, -0.1) is 0 Å². The summed E-state index contributed by atoms with van der Waals surface area (Å²) in [6.45, 7) is 1.92. The molecular formula is C20H21F2NO3. The van der Waals surface area contributed by atoms with E-state index in [0.29, 0.717) is 17.7 Å². The van der Waals surface area contributed by atoms with Gasteiger partial charge in [-0.05, 0) is 30.9 Å². The minimum Gasteiger partial charge on any atom is -0.466 e. The Labute approximate surface area is 151 Å². The van der Waals surface area contributed by atoms with Crippen LogP contribution in [0.4, 0.5) is 8.78 Å². The van der Waals surface area contributed by atoms with Crippen LogP contribution in [-0.2, 0) is 14.3 Å². The molecule has 1 aliphatic heterocycles. The molecule has 2 atom stereocenters. The molecule has 0 bridgehead atoms. The maximum atomic E-state index is 15.2. The molecule has 1 aromatic rings. The van der Waals surface area contributed by atoms with Gasteiger partial charge in [0.05, 0.1) is 7.11 Å². The second-order valence-corrected chi connectivity index (χ2v) is 6.94. The Hall–Kier alpha value is -2.50. The monoisotopic (exact) mass is 361 g/mol. The largest absolute Gasteiger partial charge is 0.466 e. The Morgan fingerprint density at radius 3 is 2.81 bits per heavy atom. The summed E-state index contributed by atoms with van der Waals surface area (Å²) < 4.78 is 33.9. The molecule has 0 radical (unpaired) electrons. The second-order valence-electron chi connectivity index (χ2n) is 6.94. The number of carbonyl (C=O) groups is 2. The van der Waals surface area contributed by atoms with E-state index in [1.54, 1.807) is 6.08 Å². The molecule has 0 saturated carbocycles. The number of ether oxygens (including phenoxy) is 1. The Kier molecular flexibility index (Phi) is 4.94. The number of amides is 1. The van der Waals surface area contributed by atoms with Gasteiger partial charge in [-0.3, -0.25) is 9.69 Å². The van der Waals surface area contributed by atoms with Crippen molar-refractivity contribution in [2.24, 2.45) is 5.41 Å². The number of halogens is 2. The molecule has 1 aromatic carbocycles. The molecule has 3 rings (SSSR count). The minimum absolute atomic E-state index is 0.167. The summed E-state index contributed by atoms with van der Waals surface area (Å²) in [4.78, 5) is 25.1. The van der Waals surface area contributed by atoms with Crippen molar-refractivity contribution >= 4 is 11.9 Å². The highest BCUT2D eigenvalue weighted by atomic mass is 19.1. The molecule has 138 valence electrons. The molecule has 0 spiro atoms. The first-order valence-corrected chi connectivity index (χ1v) is 8.57. The standard InChI is InChI=1S/C20H21F2NO3/c1-20-11-5-6-13(9-10-17(25)26-2)18(20)23(16(24)12-20)19(22)14-7-3-4-8-15(14)21/h3-4,7-10,19H,5-6,11-12H2,1-2H3. The minimum atomic E-state index is -1.90. The van der Waals surface area contributed by atoms with E-state index in [0.717, 1.165) is 17.7 Å². The molecule has 2 unspecified atom stereocenters. The Balaban J connectivity index is 2.07. The maximum Gasteiger partial charge on any atom is 0.330 e.